The standard InChI is InChI=1S/C21H27FN4O3/c1-3-25-7-9-26(10-8-25)19-5-4-17(22)12-18(19)15(2)24-20(27)13-23-21(28)16-6-11-29-14-16/h4-6,11-12,14-15H,3,7-10,13H2,1-2H3,(H,23,28)(H,24,27). The molecule has 1 aromatic heterocycles. The first-order valence-electron chi connectivity index (χ1n) is 9.84. The number of rotatable bonds is 7. The van der Waals surface area contributed by atoms with Crippen LogP contribution in [0.1, 0.15) is 35.8 Å². The predicted octanol–water partition coefficient (Wildman–Crippen LogP) is 2.17. The van der Waals surface area contributed by atoms with E-state index < -0.39 is 6.04 Å². The fourth-order valence-corrected chi connectivity index (χ4v) is 3.49. The number of piperazine rings is 1. The number of carbonyl (C=O) groups is 2. The summed E-state index contributed by atoms with van der Waals surface area (Å²) in [5.74, 6) is -1.08. The summed E-state index contributed by atoms with van der Waals surface area (Å²) >= 11 is 0. The van der Waals surface area contributed by atoms with Crippen molar-refractivity contribution in [2.24, 2.45) is 0 Å². The Morgan fingerprint density at radius 2 is 1.97 bits per heavy atom. The van der Waals surface area contributed by atoms with Crippen LogP contribution in [-0.4, -0.2) is 56.0 Å². The van der Waals surface area contributed by atoms with E-state index in [1.807, 2.05) is 6.92 Å². The molecule has 1 saturated heterocycles. The third-order valence-corrected chi connectivity index (χ3v) is 5.19. The van der Waals surface area contributed by atoms with Gasteiger partial charge in [-0.2, -0.15) is 0 Å². The predicted molar refractivity (Wildman–Crippen MR) is 108 cm³/mol. The number of nitrogens with zero attached hydrogens (tertiary/aromatic N) is 2. The largest absolute Gasteiger partial charge is 0.472 e. The summed E-state index contributed by atoms with van der Waals surface area (Å²) in [6.07, 6.45) is 2.70. The van der Waals surface area contributed by atoms with E-state index in [1.165, 1.54) is 30.7 Å². The SMILES string of the molecule is CCN1CCN(c2ccc(F)cc2C(C)NC(=O)CNC(=O)c2ccoc2)CC1. The quantitative estimate of drug-likeness (QED) is 0.742. The fourth-order valence-electron chi connectivity index (χ4n) is 3.49. The Kier molecular flexibility index (Phi) is 6.87. The Hall–Kier alpha value is -2.87. The van der Waals surface area contributed by atoms with Gasteiger partial charge in [-0.05, 0) is 37.7 Å². The normalized spacial score (nSPS) is 15.8. The lowest BCUT2D eigenvalue weighted by atomic mass is 10.0. The third kappa shape index (κ3) is 5.35. The molecule has 1 fully saturated rings. The van der Waals surface area contributed by atoms with Crippen LogP contribution in [0.15, 0.2) is 41.2 Å². The monoisotopic (exact) mass is 402 g/mol. The van der Waals surface area contributed by atoms with Gasteiger partial charge in [0.05, 0.1) is 24.4 Å². The summed E-state index contributed by atoms with van der Waals surface area (Å²) in [6, 6.07) is 5.81. The number of likely N-dealkylation sites (N-methyl/N-ethyl adjacent to an activating group) is 1. The van der Waals surface area contributed by atoms with Gasteiger partial charge < -0.3 is 24.9 Å². The highest BCUT2D eigenvalue weighted by atomic mass is 19.1. The summed E-state index contributed by atoms with van der Waals surface area (Å²) in [7, 11) is 0. The lowest BCUT2D eigenvalue weighted by Gasteiger charge is -2.37. The second-order valence-corrected chi connectivity index (χ2v) is 7.11. The van der Waals surface area contributed by atoms with Gasteiger partial charge in [0.1, 0.15) is 12.1 Å². The van der Waals surface area contributed by atoms with Crippen molar-refractivity contribution in [3.63, 3.8) is 0 Å². The van der Waals surface area contributed by atoms with Gasteiger partial charge in [-0.25, -0.2) is 4.39 Å². The molecule has 0 bridgehead atoms. The first-order valence-corrected chi connectivity index (χ1v) is 9.84. The van der Waals surface area contributed by atoms with Gasteiger partial charge in [0.15, 0.2) is 0 Å². The Morgan fingerprint density at radius 3 is 2.62 bits per heavy atom. The summed E-state index contributed by atoms with van der Waals surface area (Å²) < 4.78 is 18.8. The summed E-state index contributed by atoms with van der Waals surface area (Å²) in [4.78, 5) is 28.8. The Balaban J connectivity index is 1.62. The number of nitrogens with one attached hydrogen (secondary N) is 2. The van der Waals surface area contributed by atoms with Crippen LogP contribution in [0.2, 0.25) is 0 Å². The van der Waals surface area contributed by atoms with E-state index in [4.69, 9.17) is 4.42 Å². The van der Waals surface area contributed by atoms with Crippen LogP contribution in [0.5, 0.6) is 0 Å². The zero-order valence-corrected chi connectivity index (χ0v) is 16.8. The average Bonchev–Trinajstić information content (AvgIpc) is 3.27. The molecule has 2 N–H and O–H groups in total. The first-order chi connectivity index (χ1) is 14.0. The number of anilines is 1. The molecule has 8 heteroatoms. The lowest BCUT2D eigenvalue weighted by Crippen LogP contribution is -2.46. The van der Waals surface area contributed by atoms with E-state index in [0.29, 0.717) is 5.56 Å². The molecule has 29 heavy (non-hydrogen) atoms. The van der Waals surface area contributed by atoms with E-state index in [9.17, 15) is 14.0 Å². The molecule has 1 aliphatic heterocycles. The number of benzene rings is 1. The molecule has 1 atom stereocenters. The van der Waals surface area contributed by atoms with Gasteiger partial charge in [-0.15, -0.1) is 0 Å². The molecule has 0 spiro atoms. The topological polar surface area (TPSA) is 77.8 Å². The highest BCUT2D eigenvalue weighted by Crippen LogP contribution is 2.28. The van der Waals surface area contributed by atoms with Crippen LogP contribution in [0, 0.1) is 5.82 Å². The third-order valence-electron chi connectivity index (χ3n) is 5.19. The average molecular weight is 402 g/mol. The fraction of sp³-hybridized carbons (Fsp3) is 0.429. The summed E-state index contributed by atoms with van der Waals surface area (Å²) in [6.45, 7) is 8.41. The van der Waals surface area contributed by atoms with Crippen LogP contribution in [0.4, 0.5) is 10.1 Å². The molecular formula is C21H27FN4O3. The lowest BCUT2D eigenvalue weighted by molar-refractivity contribution is -0.120. The minimum Gasteiger partial charge on any atom is -0.472 e. The first kappa shape index (κ1) is 20.9. The second kappa shape index (κ2) is 9.56. The van der Waals surface area contributed by atoms with Crippen molar-refractivity contribution < 1.29 is 18.4 Å². The van der Waals surface area contributed by atoms with Gasteiger partial charge in [0.25, 0.3) is 5.91 Å². The second-order valence-electron chi connectivity index (χ2n) is 7.11. The maximum absolute atomic E-state index is 13.9. The molecule has 2 amide bonds. The molecular weight excluding hydrogens is 375 g/mol. The molecule has 0 aliphatic carbocycles. The smallest absolute Gasteiger partial charge is 0.254 e. The molecule has 0 radical (unpaired) electrons. The van der Waals surface area contributed by atoms with E-state index in [0.717, 1.165) is 44.0 Å². The van der Waals surface area contributed by atoms with Gasteiger partial charge in [-0.1, -0.05) is 6.92 Å². The number of carbonyl (C=O) groups excluding carboxylic acids is 2. The number of hydrogen-bond acceptors (Lipinski definition) is 5. The van der Waals surface area contributed by atoms with Crippen molar-refractivity contribution in [2.45, 2.75) is 19.9 Å². The number of hydrogen-bond donors (Lipinski definition) is 2. The highest BCUT2D eigenvalue weighted by Gasteiger charge is 2.22. The van der Waals surface area contributed by atoms with Crippen LogP contribution < -0.4 is 15.5 Å². The molecule has 7 nitrogen and oxygen atoms in total. The van der Waals surface area contributed by atoms with Gasteiger partial charge in [-0.3, -0.25) is 9.59 Å². The molecule has 1 aliphatic rings. The van der Waals surface area contributed by atoms with E-state index >= 15 is 0 Å². The zero-order valence-electron chi connectivity index (χ0n) is 16.8. The summed E-state index contributed by atoms with van der Waals surface area (Å²) in [5, 5.41) is 5.38. The Morgan fingerprint density at radius 1 is 1.21 bits per heavy atom. The zero-order chi connectivity index (χ0) is 20.8. The number of halogens is 1. The van der Waals surface area contributed by atoms with Gasteiger partial charge >= 0.3 is 0 Å². The van der Waals surface area contributed by atoms with Gasteiger partial charge in [0.2, 0.25) is 5.91 Å². The van der Waals surface area contributed by atoms with Crippen molar-refractivity contribution in [3.8, 4) is 0 Å². The molecule has 2 heterocycles. The van der Waals surface area contributed by atoms with Crippen molar-refractivity contribution in [1.82, 2.24) is 15.5 Å². The van der Waals surface area contributed by atoms with E-state index in [1.54, 1.807) is 6.07 Å². The van der Waals surface area contributed by atoms with Crippen LogP contribution in [0.25, 0.3) is 0 Å². The molecule has 1 unspecified atom stereocenters. The van der Waals surface area contributed by atoms with Crippen LogP contribution >= 0.6 is 0 Å². The maximum Gasteiger partial charge on any atom is 0.254 e. The Bertz CT molecular complexity index is 832. The van der Waals surface area contributed by atoms with Crippen molar-refractivity contribution in [3.05, 3.63) is 53.7 Å². The van der Waals surface area contributed by atoms with Crippen molar-refractivity contribution in [1.29, 1.82) is 0 Å². The molecule has 3 rings (SSSR count). The Labute approximate surface area is 169 Å². The van der Waals surface area contributed by atoms with Gasteiger partial charge in [0, 0.05) is 37.4 Å². The molecule has 2 aromatic rings. The molecule has 1 aromatic carbocycles. The van der Waals surface area contributed by atoms with E-state index in [2.05, 4.69) is 27.4 Å². The molecule has 156 valence electrons. The minimum absolute atomic E-state index is 0.172. The van der Waals surface area contributed by atoms with Crippen molar-refractivity contribution >= 4 is 17.5 Å². The molecule has 0 saturated carbocycles. The summed E-state index contributed by atoms with van der Waals surface area (Å²) in [5.41, 5.74) is 2.01. The minimum atomic E-state index is -0.400. The number of furan rings is 1. The van der Waals surface area contributed by atoms with Crippen LogP contribution in [-0.2, 0) is 4.79 Å². The number of amides is 2. The van der Waals surface area contributed by atoms with E-state index in [-0.39, 0.29) is 24.2 Å². The highest BCUT2D eigenvalue weighted by molar-refractivity contribution is 5.96. The van der Waals surface area contributed by atoms with Crippen molar-refractivity contribution in [2.75, 3.05) is 44.2 Å². The van der Waals surface area contributed by atoms with Crippen LogP contribution in [0.3, 0.4) is 0 Å². The maximum atomic E-state index is 13.9.